The van der Waals surface area contributed by atoms with Gasteiger partial charge >= 0.3 is 5.69 Å². The second kappa shape index (κ2) is 8.16. The molecule has 8 nitrogen and oxygen atoms in total. The summed E-state index contributed by atoms with van der Waals surface area (Å²) in [5, 5.41) is 8.91. The second-order valence-electron chi connectivity index (χ2n) is 5.01. The zero-order valence-electron chi connectivity index (χ0n) is 12.3. The first-order valence-corrected chi connectivity index (χ1v) is 7.55. The number of hydrogen-bond donors (Lipinski definition) is 3. The molecule has 0 aliphatic heterocycles. The molecule has 0 fully saturated rings. The smallest absolute Gasteiger partial charge is 0.324 e. The van der Waals surface area contributed by atoms with Crippen LogP contribution in [0.15, 0.2) is 20.8 Å². The van der Waals surface area contributed by atoms with Crippen LogP contribution in [-0.2, 0) is 18.8 Å². The number of rotatable bonds is 6. The van der Waals surface area contributed by atoms with Crippen LogP contribution in [0.1, 0.15) is 25.4 Å². The maximum atomic E-state index is 11.3. The van der Waals surface area contributed by atoms with E-state index in [1.807, 2.05) is 4.57 Å². The molecule has 0 aliphatic carbocycles. The van der Waals surface area contributed by atoms with Crippen molar-refractivity contribution in [2.45, 2.75) is 37.8 Å². The Morgan fingerprint density at radius 2 is 2.05 bits per heavy atom. The monoisotopic (exact) mass is 346 g/mol. The van der Waals surface area contributed by atoms with Gasteiger partial charge in [-0.2, -0.15) is 0 Å². The Hall–Kier alpha value is -1.58. The van der Waals surface area contributed by atoms with Crippen LogP contribution in [0.2, 0.25) is 0 Å². The van der Waals surface area contributed by atoms with Crippen molar-refractivity contribution in [3.05, 3.63) is 38.4 Å². The number of aromatic amines is 2. The highest BCUT2D eigenvalue weighted by molar-refractivity contribution is 7.98. The van der Waals surface area contributed by atoms with Crippen molar-refractivity contribution in [2.24, 2.45) is 11.7 Å². The Morgan fingerprint density at radius 3 is 2.64 bits per heavy atom. The SMILES string of the molecule is CC(C)Cn1c(CN)nnc1SCc1cc(=O)[nH]c(=O)[nH]1.Cl. The number of H-pyrrole nitrogens is 2. The lowest BCUT2D eigenvalue weighted by molar-refractivity contribution is 0.480. The van der Waals surface area contributed by atoms with Gasteiger partial charge in [-0.15, -0.1) is 22.6 Å². The van der Waals surface area contributed by atoms with Crippen LogP contribution in [-0.4, -0.2) is 24.7 Å². The van der Waals surface area contributed by atoms with Gasteiger partial charge in [-0.3, -0.25) is 9.78 Å². The molecule has 2 rings (SSSR count). The van der Waals surface area contributed by atoms with Crippen molar-refractivity contribution in [1.29, 1.82) is 0 Å². The summed E-state index contributed by atoms with van der Waals surface area (Å²) in [5.41, 5.74) is 5.28. The number of thioether (sulfide) groups is 1. The van der Waals surface area contributed by atoms with Gasteiger partial charge in [0.1, 0.15) is 5.82 Å². The van der Waals surface area contributed by atoms with Crippen LogP contribution < -0.4 is 17.0 Å². The summed E-state index contributed by atoms with van der Waals surface area (Å²) < 4.78 is 1.97. The molecule has 0 unspecified atom stereocenters. The van der Waals surface area contributed by atoms with E-state index >= 15 is 0 Å². The molecular weight excluding hydrogens is 328 g/mol. The molecule has 122 valence electrons. The van der Waals surface area contributed by atoms with Crippen LogP contribution in [0.3, 0.4) is 0 Å². The Labute approximate surface area is 137 Å². The van der Waals surface area contributed by atoms with Gasteiger partial charge in [0.2, 0.25) is 0 Å². The van der Waals surface area contributed by atoms with Crippen LogP contribution >= 0.6 is 24.2 Å². The fourth-order valence-corrected chi connectivity index (χ4v) is 2.74. The molecule has 10 heteroatoms. The van der Waals surface area contributed by atoms with Crippen molar-refractivity contribution in [3.63, 3.8) is 0 Å². The van der Waals surface area contributed by atoms with Gasteiger partial charge in [0.15, 0.2) is 5.16 Å². The molecule has 0 saturated carbocycles. The lowest BCUT2D eigenvalue weighted by Gasteiger charge is -2.11. The van der Waals surface area contributed by atoms with E-state index in [4.69, 9.17) is 5.73 Å². The number of halogens is 1. The lowest BCUT2D eigenvalue weighted by Crippen LogP contribution is -2.22. The summed E-state index contributed by atoms with van der Waals surface area (Å²) in [6.45, 7) is 5.29. The molecule has 4 N–H and O–H groups in total. The third-order valence-electron chi connectivity index (χ3n) is 2.70. The van der Waals surface area contributed by atoms with E-state index in [0.29, 0.717) is 23.9 Å². The molecule has 0 saturated heterocycles. The standard InChI is InChI=1S/C12H18N6O2S.ClH/c1-7(2)5-18-9(4-13)16-17-12(18)21-6-8-3-10(19)15-11(20)14-8;/h3,7H,4-6,13H2,1-2H3,(H2,14,15,19,20);1H. The maximum Gasteiger partial charge on any atom is 0.325 e. The molecule has 2 aromatic rings. The summed E-state index contributed by atoms with van der Waals surface area (Å²) in [6.07, 6.45) is 0. The van der Waals surface area contributed by atoms with E-state index in [-0.39, 0.29) is 12.4 Å². The fraction of sp³-hybridized carbons (Fsp3) is 0.500. The third kappa shape index (κ3) is 4.72. The molecule has 0 atom stereocenters. The van der Waals surface area contributed by atoms with E-state index in [9.17, 15) is 9.59 Å². The van der Waals surface area contributed by atoms with Gasteiger partial charge in [0.05, 0.1) is 6.54 Å². The van der Waals surface area contributed by atoms with Crippen LogP contribution in [0.5, 0.6) is 0 Å². The van der Waals surface area contributed by atoms with Crippen molar-refractivity contribution < 1.29 is 0 Å². The van der Waals surface area contributed by atoms with Crippen molar-refractivity contribution in [2.75, 3.05) is 0 Å². The van der Waals surface area contributed by atoms with Gasteiger partial charge in [0.25, 0.3) is 5.56 Å². The first-order valence-electron chi connectivity index (χ1n) is 6.57. The first-order chi connectivity index (χ1) is 9.99. The Kier molecular flexibility index (Phi) is 6.85. The second-order valence-corrected chi connectivity index (χ2v) is 5.95. The van der Waals surface area contributed by atoms with E-state index in [1.54, 1.807) is 0 Å². The summed E-state index contributed by atoms with van der Waals surface area (Å²) in [6, 6.07) is 1.36. The number of nitrogens with zero attached hydrogens (tertiary/aromatic N) is 3. The minimum atomic E-state index is -0.510. The molecule has 0 aliphatic rings. The topological polar surface area (TPSA) is 122 Å². The molecule has 0 aromatic carbocycles. The molecular formula is C12H19ClN6O2S. The minimum Gasteiger partial charge on any atom is -0.324 e. The Balaban J connectivity index is 0.00000242. The van der Waals surface area contributed by atoms with E-state index in [2.05, 4.69) is 34.0 Å². The summed E-state index contributed by atoms with van der Waals surface area (Å²) in [4.78, 5) is 27.2. The lowest BCUT2D eigenvalue weighted by atomic mass is 10.2. The average Bonchev–Trinajstić information content (AvgIpc) is 2.76. The Bertz CT molecular complexity index is 695. The van der Waals surface area contributed by atoms with Crippen LogP contribution in [0, 0.1) is 5.92 Å². The van der Waals surface area contributed by atoms with Crippen LogP contribution in [0.4, 0.5) is 0 Å². The van der Waals surface area contributed by atoms with E-state index < -0.39 is 11.2 Å². The average molecular weight is 347 g/mol. The largest absolute Gasteiger partial charge is 0.325 e. The third-order valence-corrected chi connectivity index (χ3v) is 3.71. The van der Waals surface area contributed by atoms with Gasteiger partial charge in [-0.1, -0.05) is 25.6 Å². The number of nitrogens with one attached hydrogen (secondary N) is 2. The predicted octanol–water partition coefficient (Wildman–Crippen LogP) is 0.483. The number of hydrogen-bond acceptors (Lipinski definition) is 6. The number of nitrogens with two attached hydrogens (primary N) is 1. The molecule has 0 amide bonds. The van der Waals surface area contributed by atoms with E-state index in [0.717, 1.165) is 17.5 Å². The van der Waals surface area contributed by atoms with Crippen molar-refractivity contribution >= 4 is 24.2 Å². The molecule has 22 heavy (non-hydrogen) atoms. The zero-order chi connectivity index (χ0) is 15.4. The fourth-order valence-electron chi connectivity index (χ4n) is 1.86. The quantitative estimate of drug-likeness (QED) is 0.654. The van der Waals surface area contributed by atoms with Gasteiger partial charge in [-0.05, 0) is 5.92 Å². The van der Waals surface area contributed by atoms with Crippen molar-refractivity contribution in [1.82, 2.24) is 24.7 Å². The highest BCUT2D eigenvalue weighted by atomic mass is 35.5. The highest BCUT2D eigenvalue weighted by Gasteiger charge is 2.13. The number of aromatic nitrogens is 5. The molecule has 2 aromatic heterocycles. The Morgan fingerprint density at radius 1 is 1.32 bits per heavy atom. The van der Waals surface area contributed by atoms with Gasteiger partial charge < -0.3 is 15.3 Å². The van der Waals surface area contributed by atoms with Crippen molar-refractivity contribution in [3.8, 4) is 0 Å². The molecule has 0 bridgehead atoms. The van der Waals surface area contributed by atoms with E-state index in [1.165, 1.54) is 17.8 Å². The molecule has 0 spiro atoms. The van der Waals surface area contributed by atoms with Gasteiger partial charge in [0, 0.05) is 24.1 Å². The summed E-state index contributed by atoms with van der Waals surface area (Å²) in [5.74, 6) is 1.59. The normalized spacial score (nSPS) is 10.7. The zero-order valence-corrected chi connectivity index (χ0v) is 14.0. The highest BCUT2D eigenvalue weighted by Crippen LogP contribution is 2.21. The summed E-state index contributed by atoms with van der Waals surface area (Å²) >= 11 is 1.41. The summed E-state index contributed by atoms with van der Waals surface area (Å²) in [7, 11) is 0. The molecule has 0 radical (unpaired) electrons. The minimum absolute atomic E-state index is 0. The van der Waals surface area contributed by atoms with Gasteiger partial charge in [-0.25, -0.2) is 4.79 Å². The van der Waals surface area contributed by atoms with Crippen LogP contribution in [0.25, 0.3) is 0 Å². The maximum absolute atomic E-state index is 11.3. The first kappa shape index (κ1) is 18.5. The predicted molar refractivity (Wildman–Crippen MR) is 87.2 cm³/mol. The molecule has 2 heterocycles.